The summed E-state index contributed by atoms with van der Waals surface area (Å²) in [6.07, 6.45) is 0. The number of nitrogen functional groups attached to an aromatic ring is 1. The Kier molecular flexibility index (Phi) is 6.05. The van der Waals surface area contributed by atoms with Crippen molar-refractivity contribution < 1.29 is 9.53 Å². The molecule has 0 unspecified atom stereocenters. The number of esters is 1. The van der Waals surface area contributed by atoms with E-state index in [9.17, 15) is 4.79 Å². The highest BCUT2D eigenvalue weighted by atomic mass is 32.2. The lowest BCUT2D eigenvalue weighted by atomic mass is 10.2. The normalized spacial score (nSPS) is 10.8. The van der Waals surface area contributed by atoms with Gasteiger partial charge in [-0.25, -0.2) is 4.98 Å². The monoisotopic (exact) mass is 438 g/mol. The second-order valence-corrected chi connectivity index (χ2v) is 8.57. The predicted octanol–water partition coefficient (Wildman–Crippen LogP) is 3.95. The lowest BCUT2D eigenvalue weighted by Gasteiger charge is -2.08. The molecule has 0 aliphatic heterocycles. The molecular weight excluding hydrogens is 420 g/mol. The first-order valence-corrected chi connectivity index (χ1v) is 10.8. The van der Waals surface area contributed by atoms with Gasteiger partial charge in [0, 0.05) is 5.69 Å². The third kappa shape index (κ3) is 5.22. The van der Waals surface area contributed by atoms with Crippen LogP contribution in [0.1, 0.15) is 11.4 Å². The van der Waals surface area contributed by atoms with Crippen molar-refractivity contribution in [2.24, 2.45) is 0 Å². The van der Waals surface area contributed by atoms with Gasteiger partial charge < -0.3 is 15.8 Å². The number of anilines is 3. The minimum Gasteiger partial charge on any atom is -0.457 e. The average molecular weight is 439 g/mol. The fourth-order valence-electron chi connectivity index (χ4n) is 2.54. The van der Waals surface area contributed by atoms with Gasteiger partial charge in [-0.15, -0.1) is 11.3 Å². The molecule has 0 fully saturated rings. The van der Waals surface area contributed by atoms with Crippen molar-refractivity contribution in [1.29, 1.82) is 0 Å². The van der Waals surface area contributed by atoms with Gasteiger partial charge in [0.25, 0.3) is 0 Å². The summed E-state index contributed by atoms with van der Waals surface area (Å²) >= 11 is 2.89. The molecule has 0 spiro atoms. The molecule has 8 nitrogen and oxygen atoms in total. The Morgan fingerprint density at radius 3 is 2.70 bits per heavy atom. The van der Waals surface area contributed by atoms with E-state index in [1.807, 2.05) is 55.5 Å². The van der Waals surface area contributed by atoms with Crippen LogP contribution in [0.25, 0.3) is 10.2 Å². The number of nitrogens with one attached hydrogen (secondary N) is 1. The average Bonchev–Trinajstić information content (AvgIpc) is 3.15. The van der Waals surface area contributed by atoms with Gasteiger partial charge in [0.15, 0.2) is 16.8 Å². The minimum absolute atomic E-state index is 0.0505. The number of rotatable bonds is 7. The van der Waals surface area contributed by atoms with Crippen molar-refractivity contribution in [3.63, 3.8) is 0 Å². The van der Waals surface area contributed by atoms with Gasteiger partial charge in [0.1, 0.15) is 0 Å². The van der Waals surface area contributed by atoms with Gasteiger partial charge in [-0.05, 0) is 31.2 Å². The van der Waals surface area contributed by atoms with E-state index >= 15 is 0 Å². The fourth-order valence-corrected chi connectivity index (χ4v) is 4.41. The summed E-state index contributed by atoms with van der Waals surface area (Å²) in [5.41, 5.74) is 8.65. The molecule has 30 heavy (non-hydrogen) atoms. The molecule has 2 heterocycles. The number of para-hydroxylation sites is 1. The Labute approximate surface area is 180 Å². The van der Waals surface area contributed by atoms with E-state index in [0.29, 0.717) is 5.95 Å². The lowest BCUT2D eigenvalue weighted by Crippen LogP contribution is -2.12. The summed E-state index contributed by atoms with van der Waals surface area (Å²) in [5.74, 6) is 0.381. The fraction of sp³-hybridized carbons (Fsp3) is 0.150. The van der Waals surface area contributed by atoms with Crippen molar-refractivity contribution in [3.05, 3.63) is 59.9 Å². The van der Waals surface area contributed by atoms with Gasteiger partial charge in [0.05, 0.1) is 16.0 Å². The Morgan fingerprint density at radius 1 is 1.10 bits per heavy atom. The van der Waals surface area contributed by atoms with E-state index in [4.69, 9.17) is 10.5 Å². The van der Waals surface area contributed by atoms with Crippen LogP contribution >= 0.6 is 23.1 Å². The quantitative estimate of drug-likeness (QED) is 0.327. The number of thiazole rings is 1. The van der Waals surface area contributed by atoms with Crippen molar-refractivity contribution in [2.45, 2.75) is 17.9 Å². The first-order chi connectivity index (χ1) is 14.5. The zero-order chi connectivity index (χ0) is 20.9. The summed E-state index contributed by atoms with van der Waals surface area (Å²) in [5, 5.41) is 3.07. The van der Waals surface area contributed by atoms with Gasteiger partial charge in [0.2, 0.25) is 11.9 Å². The lowest BCUT2D eigenvalue weighted by molar-refractivity contribution is -0.141. The van der Waals surface area contributed by atoms with Crippen molar-refractivity contribution >= 4 is 56.9 Å². The summed E-state index contributed by atoms with van der Waals surface area (Å²) < 4.78 is 7.19. The number of aromatic nitrogens is 4. The van der Waals surface area contributed by atoms with Crippen LogP contribution < -0.4 is 11.1 Å². The first-order valence-electron chi connectivity index (χ1n) is 9.03. The Hall–Kier alpha value is -3.24. The molecule has 3 N–H and O–H groups in total. The van der Waals surface area contributed by atoms with Gasteiger partial charge in [-0.3, -0.25) is 4.79 Å². The van der Waals surface area contributed by atoms with E-state index in [-0.39, 0.29) is 30.1 Å². The predicted molar refractivity (Wildman–Crippen MR) is 119 cm³/mol. The molecule has 0 amide bonds. The summed E-state index contributed by atoms with van der Waals surface area (Å²) in [7, 11) is 0. The standard InChI is InChI=1S/C20H18N6O2S2/c1-12-6-8-13(9-7-12)22-19-25-16(24-18(21)26-19)10-28-17(27)11-29-20-23-14-4-2-3-5-15(14)30-20/h2-9H,10-11H2,1H3,(H3,21,22,24,25,26). The molecule has 4 rings (SSSR count). The van der Waals surface area contributed by atoms with Crippen molar-refractivity contribution in [3.8, 4) is 0 Å². The number of hydrogen-bond donors (Lipinski definition) is 2. The number of benzene rings is 2. The van der Waals surface area contributed by atoms with Crippen LogP contribution in [0.3, 0.4) is 0 Å². The largest absolute Gasteiger partial charge is 0.457 e. The van der Waals surface area contributed by atoms with E-state index in [2.05, 4.69) is 25.3 Å². The van der Waals surface area contributed by atoms with E-state index in [1.165, 1.54) is 11.8 Å². The van der Waals surface area contributed by atoms with E-state index in [0.717, 1.165) is 25.8 Å². The number of hydrogen-bond acceptors (Lipinski definition) is 10. The topological polar surface area (TPSA) is 116 Å². The number of thioether (sulfide) groups is 1. The Bertz CT molecular complexity index is 1150. The Morgan fingerprint density at radius 2 is 1.90 bits per heavy atom. The molecule has 0 atom stereocenters. The summed E-state index contributed by atoms with van der Waals surface area (Å²) in [6.45, 7) is 1.92. The molecule has 4 aromatic rings. The zero-order valence-electron chi connectivity index (χ0n) is 16.0. The zero-order valence-corrected chi connectivity index (χ0v) is 17.7. The maximum Gasteiger partial charge on any atom is 0.316 e. The molecule has 10 heteroatoms. The highest BCUT2D eigenvalue weighted by Gasteiger charge is 2.11. The minimum atomic E-state index is -0.383. The van der Waals surface area contributed by atoms with Crippen LogP contribution in [-0.4, -0.2) is 31.7 Å². The molecule has 0 bridgehead atoms. The smallest absolute Gasteiger partial charge is 0.316 e. The van der Waals surface area contributed by atoms with E-state index < -0.39 is 0 Å². The van der Waals surface area contributed by atoms with E-state index in [1.54, 1.807) is 11.3 Å². The summed E-state index contributed by atoms with van der Waals surface area (Å²) in [6, 6.07) is 15.6. The molecule has 2 aromatic heterocycles. The molecule has 152 valence electrons. The van der Waals surface area contributed by atoms with Gasteiger partial charge in [-0.1, -0.05) is 41.6 Å². The van der Waals surface area contributed by atoms with Crippen LogP contribution in [0.2, 0.25) is 0 Å². The molecule has 0 saturated heterocycles. The number of nitrogens with zero attached hydrogens (tertiary/aromatic N) is 4. The third-order valence-corrected chi connectivity index (χ3v) is 6.11. The highest BCUT2D eigenvalue weighted by molar-refractivity contribution is 8.01. The SMILES string of the molecule is Cc1ccc(Nc2nc(N)nc(COC(=O)CSc3nc4ccccc4s3)n2)cc1. The van der Waals surface area contributed by atoms with Crippen LogP contribution in [0, 0.1) is 6.92 Å². The maximum absolute atomic E-state index is 12.1. The number of carbonyl (C=O) groups excluding carboxylic acids is 1. The molecule has 0 radical (unpaired) electrons. The van der Waals surface area contributed by atoms with Crippen LogP contribution in [0.5, 0.6) is 0 Å². The second-order valence-electron chi connectivity index (χ2n) is 6.32. The molecular formula is C20H18N6O2S2. The number of nitrogens with two attached hydrogens (primary N) is 1. The van der Waals surface area contributed by atoms with Crippen LogP contribution in [-0.2, 0) is 16.1 Å². The maximum atomic E-state index is 12.1. The number of ether oxygens (including phenoxy) is 1. The van der Waals surface area contributed by atoms with Crippen molar-refractivity contribution in [1.82, 2.24) is 19.9 Å². The van der Waals surface area contributed by atoms with Gasteiger partial charge >= 0.3 is 5.97 Å². The number of aryl methyl sites for hydroxylation is 1. The molecule has 2 aromatic carbocycles. The number of fused-ring (bicyclic) bond motifs is 1. The molecule has 0 aliphatic carbocycles. The van der Waals surface area contributed by atoms with Crippen molar-refractivity contribution in [2.75, 3.05) is 16.8 Å². The molecule has 0 aliphatic rings. The first kappa shape index (κ1) is 20.0. The third-order valence-electron chi connectivity index (χ3n) is 3.96. The second kappa shape index (κ2) is 9.06. The molecule has 0 saturated carbocycles. The number of carbonyl (C=O) groups is 1. The van der Waals surface area contributed by atoms with Crippen LogP contribution in [0.4, 0.5) is 17.6 Å². The summed E-state index contributed by atoms with van der Waals surface area (Å²) in [4.78, 5) is 29.0. The van der Waals surface area contributed by atoms with Gasteiger partial charge in [-0.2, -0.15) is 15.0 Å². The highest BCUT2D eigenvalue weighted by Crippen LogP contribution is 2.29. The Balaban J connectivity index is 1.32. The van der Waals surface area contributed by atoms with Crippen LogP contribution in [0.15, 0.2) is 52.9 Å².